The minimum absolute atomic E-state index is 0.477. The molecule has 4 nitrogen and oxygen atoms in total. The van der Waals surface area contributed by atoms with Crippen LogP contribution < -0.4 is 5.73 Å². The van der Waals surface area contributed by atoms with Crippen molar-refractivity contribution in [3.8, 4) is 11.5 Å². The van der Waals surface area contributed by atoms with Crippen molar-refractivity contribution in [3.63, 3.8) is 0 Å². The van der Waals surface area contributed by atoms with Gasteiger partial charge in [-0.2, -0.15) is 0 Å². The molecule has 0 amide bonds. The van der Waals surface area contributed by atoms with Crippen molar-refractivity contribution >= 4 is 32.7 Å². The molecule has 0 fully saturated rings. The second-order valence-corrected chi connectivity index (χ2v) is 5.72. The van der Waals surface area contributed by atoms with Crippen LogP contribution in [0, 0.1) is 0 Å². The normalized spacial score (nSPS) is 11.0. The fourth-order valence-electron chi connectivity index (χ4n) is 2.26. The first-order chi connectivity index (χ1) is 10.2. The number of rotatable bonds is 3. The molecule has 5 heteroatoms. The van der Waals surface area contributed by atoms with Gasteiger partial charge in [0.25, 0.3) is 0 Å². The molecule has 1 aromatic carbocycles. The van der Waals surface area contributed by atoms with E-state index in [1.807, 2.05) is 36.4 Å². The van der Waals surface area contributed by atoms with Gasteiger partial charge in [0.2, 0.25) is 0 Å². The highest BCUT2D eigenvalue weighted by Gasteiger charge is 2.12. The van der Waals surface area contributed by atoms with Crippen LogP contribution in [0.25, 0.3) is 22.4 Å². The van der Waals surface area contributed by atoms with Crippen molar-refractivity contribution in [1.29, 1.82) is 0 Å². The summed E-state index contributed by atoms with van der Waals surface area (Å²) in [6, 6.07) is 11.8. The van der Waals surface area contributed by atoms with Crippen LogP contribution in [0.4, 0.5) is 5.82 Å². The summed E-state index contributed by atoms with van der Waals surface area (Å²) in [6.45, 7) is 2.11. The molecule has 106 valence electrons. The van der Waals surface area contributed by atoms with E-state index in [0.29, 0.717) is 11.6 Å². The molecule has 0 atom stereocenters. The Balaban J connectivity index is 2.17. The Morgan fingerprint density at radius 3 is 2.71 bits per heavy atom. The highest BCUT2D eigenvalue weighted by Crippen LogP contribution is 2.28. The number of benzene rings is 1. The lowest BCUT2D eigenvalue weighted by Crippen LogP contribution is -2.02. The zero-order chi connectivity index (χ0) is 14.8. The summed E-state index contributed by atoms with van der Waals surface area (Å²) in [5.41, 5.74) is 8.48. The van der Waals surface area contributed by atoms with E-state index >= 15 is 0 Å². The van der Waals surface area contributed by atoms with Crippen molar-refractivity contribution in [1.82, 2.24) is 15.0 Å². The molecule has 0 saturated carbocycles. The number of hydrogen-bond acceptors (Lipinski definition) is 4. The van der Waals surface area contributed by atoms with Crippen LogP contribution in [-0.4, -0.2) is 15.0 Å². The molecule has 2 N–H and O–H groups in total. The number of aryl methyl sites for hydroxylation is 1. The average Bonchev–Trinajstić information content (AvgIpc) is 2.46. The van der Waals surface area contributed by atoms with Gasteiger partial charge in [0.1, 0.15) is 11.5 Å². The van der Waals surface area contributed by atoms with Gasteiger partial charge in [-0.15, -0.1) is 0 Å². The molecule has 3 rings (SSSR count). The van der Waals surface area contributed by atoms with Crippen LogP contribution in [0.3, 0.4) is 0 Å². The van der Waals surface area contributed by atoms with Gasteiger partial charge in [0, 0.05) is 21.6 Å². The minimum Gasteiger partial charge on any atom is -0.384 e. The zero-order valence-electron chi connectivity index (χ0n) is 11.7. The first-order valence-electron chi connectivity index (χ1n) is 6.86. The Bertz CT molecular complexity index is 801. The van der Waals surface area contributed by atoms with Crippen molar-refractivity contribution in [2.45, 2.75) is 19.8 Å². The van der Waals surface area contributed by atoms with E-state index < -0.39 is 0 Å². The first kappa shape index (κ1) is 13.9. The maximum Gasteiger partial charge on any atom is 0.181 e. The minimum atomic E-state index is 0.477. The summed E-state index contributed by atoms with van der Waals surface area (Å²) in [5, 5.41) is 1.07. The highest BCUT2D eigenvalue weighted by atomic mass is 79.9. The number of halogens is 1. The fourth-order valence-corrected chi connectivity index (χ4v) is 2.77. The number of nitrogen functional groups attached to an aromatic ring is 1. The lowest BCUT2D eigenvalue weighted by Gasteiger charge is -2.08. The van der Waals surface area contributed by atoms with Crippen LogP contribution in [0.15, 0.2) is 40.9 Å². The second-order valence-electron chi connectivity index (χ2n) is 4.87. The number of nitrogens with two attached hydrogens (primary N) is 1. The number of nitrogens with zero attached hydrogens (tertiary/aromatic N) is 3. The predicted molar refractivity (Wildman–Crippen MR) is 88.9 cm³/mol. The molecule has 21 heavy (non-hydrogen) atoms. The smallest absolute Gasteiger partial charge is 0.181 e. The third kappa shape index (κ3) is 2.88. The van der Waals surface area contributed by atoms with Gasteiger partial charge >= 0.3 is 0 Å². The van der Waals surface area contributed by atoms with E-state index in [-0.39, 0.29) is 0 Å². The number of para-hydroxylation sites is 1. The lowest BCUT2D eigenvalue weighted by atomic mass is 10.2. The van der Waals surface area contributed by atoms with Crippen molar-refractivity contribution < 1.29 is 0 Å². The molecule has 0 saturated heterocycles. The molecular formula is C16H15BrN4. The highest BCUT2D eigenvalue weighted by molar-refractivity contribution is 9.10. The number of aromatic nitrogens is 3. The Morgan fingerprint density at radius 1 is 1.10 bits per heavy atom. The number of pyridine rings is 1. The largest absolute Gasteiger partial charge is 0.384 e. The number of fused-ring (bicyclic) bond motifs is 1. The summed E-state index contributed by atoms with van der Waals surface area (Å²) < 4.78 is 0.870. The Labute approximate surface area is 131 Å². The summed E-state index contributed by atoms with van der Waals surface area (Å²) in [4.78, 5) is 13.6. The first-order valence-corrected chi connectivity index (χ1v) is 7.66. The molecule has 3 aromatic rings. The van der Waals surface area contributed by atoms with E-state index in [1.54, 1.807) is 0 Å². The molecule has 0 bridgehead atoms. The molecule has 0 unspecified atom stereocenters. The van der Waals surface area contributed by atoms with Gasteiger partial charge in [-0.05, 0) is 34.5 Å². The maximum absolute atomic E-state index is 5.90. The van der Waals surface area contributed by atoms with E-state index in [1.165, 1.54) is 0 Å². The van der Waals surface area contributed by atoms with Gasteiger partial charge < -0.3 is 5.73 Å². The van der Waals surface area contributed by atoms with Gasteiger partial charge in [-0.3, -0.25) is 0 Å². The third-order valence-electron chi connectivity index (χ3n) is 3.19. The summed E-state index contributed by atoms with van der Waals surface area (Å²) >= 11 is 3.56. The lowest BCUT2D eigenvalue weighted by molar-refractivity contribution is 0.875. The molecule has 0 radical (unpaired) electrons. The topological polar surface area (TPSA) is 64.7 Å². The summed E-state index contributed by atoms with van der Waals surface area (Å²) in [6.07, 6.45) is 1.90. The molecule has 0 aliphatic rings. The van der Waals surface area contributed by atoms with E-state index in [9.17, 15) is 0 Å². The molecule has 2 heterocycles. The molecule has 0 spiro atoms. The second kappa shape index (κ2) is 5.77. The Hall–Kier alpha value is -2.01. The SMILES string of the molecule is CCCc1cc(N)nc(-c2nc3ccccc3cc2Br)n1. The van der Waals surface area contributed by atoms with Crippen molar-refractivity contribution in [2.75, 3.05) is 5.73 Å². The quantitative estimate of drug-likeness (QED) is 0.781. The predicted octanol–water partition coefficient (Wildman–Crippen LogP) is 3.99. The Morgan fingerprint density at radius 2 is 1.90 bits per heavy atom. The van der Waals surface area contributed by atoms with Crippen molar-refractivity contribution in [2.24, 2.45) is 0 Å². The van der Waals surface area contributed by atoms with Crippen LogP contribution in [0.1, 0.15) is 19.0 Å². The van der Waals surface area contributed by atoms with Gasteiger partial charge in [-0.25, -0.2) is 15.0 Å². The standard InChI is InChI=1S/C16H15BrN4/c1-2-5-11-9-14(18)21-16(19-11)15-12(17)8-10-6-3-4-7-13(10)20-15/h3-4,6-9H,2,5H2,1H3,(H2,18,19,21). The monoisotopic (exact) mass is 342 g/mol. The third-order valence-corrected chi connectivity index (χ3v) is 3.80. The van der Waals surface area contributed by atoms with Crippen molar-refractivity contribution in [3.05, 3.63) is 46.6 Å². The number of anilines is 1. The molecule has 2 aromatic heterocycles. The van der Waals surface area contributed by atoms with E-state index in [2.05, 4.69) is 37.8 Å². The van der Waals surface area contributed by atoms with Crippen LogP contribution in [-0.2, 0) is 6.42 Å². The molecule has 0 aliphatic carbocycles. The van der Waals surface area contributed by atoms with Crippen LogP contribution >= 0.6 is 15.9 Å². The van der Waals surface area contributed by atoms with Crippen LogP contribution in [0.2, 0.25) is 0 Å². The van der Waals surface area contributed by atoms with E-state index in [4.69, 9.17) is 5.73 Å². The summed E-state index contributed by atoms with van der Waals surface area (Å²) in [7, 11) is 0. The fraction of sp³-hybridized carbons (Fsp3) is 0.188. The molecule has 0 aliphatic heterocycles. The molecular weight excluding hydrogens is 328 g/mol. The van der Waals surface area contributed by atoms with Crippen LogP contribution in [0.5, 0.6) is 0 Å². The number of hydrogen-bond donors (Lipinski definition) is 1. The van der Waals surface area contributed by atoms with Gasteiger partial charge in [0.05, 0.1) is 5.52 Å². The summed E-state index contributed by atoms with van der Waals surface area (Å²) in [5.74, 6) is 1.04. The average molecular weight is 343 g/mol. The van der Waals surface area contributed by atoms with Gasteiger partial charge in [-0.1, -0.05) is 31.5 Å². The maximum atomic E-state index is 5.90. The van der Waals surface area contributed by atoms with E-state index in [0.717, 1.165) is 39.6 Å². The Kier molecular flexibility index (Phi) is 3.84. The van der Waals surface area contributed by atoms with Gasteiger partial charge in [0.15, 0.2) is 5.82 Å². The zero-order valence-corrected chi connectivity index (χ0v) is 13.3.